The lowest BCUT2D eigenvalue weighted by Crippen LogP contribution is -2.11. The minimum absolute atomic E-state index is 0.0326. The molecule has 1 unspecified atom stereocenters. The van der Waals surface area contributed by atoms with Crippen LogP contribution in [0.2, 0.25) is 0 Å². The number of hydrogen-bond acceptors (Lipinski definition) is 2. The van der Waals surface area contributed by atoms with Gasteiger partial charge in [0.15, 0.2) is 5.78 Å². The monoisotopic (exact) mass is 234 g/mol. The Hall–Kier alpha value is -1.22. The Morgan fingerprint density at radius 3 is 2.50 bits per heavy atom. The molecule has 0 spiro atoms. The number of carbonyl (C=O) groups is 1. The Bertz CT molecular complexity index is 457. The van der Waals surface area contributed by atoms with E-state index in [1.165, 1.54) is 0 Å². The van der Waals surface area contributed by atoms with Crippen LogP contribution in [0.15, 0.2) is 40.1 Å². The highest BCUT2D eigenvalue weighted by Crippen LogP contribution is 2.22. The quantitative estimate of drug-likeness (QED) is 0.788. The van der Waals surface area contributed by atoms with E-state index < -0.39 is 10.8 Å². The fraction of sp³-hybridized carbons (Fsp3) is 0.308. The summed E-state index contributed by atoms with van der Waals surface area (Å²) >= 11 is 0. The van der Waals surface area contributed by atoms with Crippen LogP contribution in [0.5, 0.6) is 0 Å². The second kappa shape index (κ2) is 4.74. The highest BCUT2D eigenvalue weighted by molar-refractivity contribution is 7.90. The molecule has 0 aliphatic heterocycles. The lowest BCUT2D eigenvalue weighted by Gasteiger charge is -2.11. The van der Waals surface area contributed by atoms with Gasteiger partial charge < -0.3 is 0 Å². The highest BCUT2D eigenvalue weighted by Gasteiger charge is 2.20. The predicted molar refractivity (Wildman–Crippen MR) is 64.5 cm³/mol. The molecule has 2 rings (SSSR count). The van der Waals surface area contributed by atoms with Gasteiger partial charge in [-0.25, -0.2) is 4.21 Å². The van der Waals surface area contributed by atoms with Gasteiger partial charge in [0.2, 0.25) is 0 Å². The van der Waals surface area contributed by atoms with E-state index in [4.69, 9.17) is 0 Å². The predicted octanol–water partition coefficient (Wildman–Crippen LogP) is 2.74. The lowest BCUT2D eigenvalue weighted by molar-refractivity contribution is -0.115. The first-order valence-electron chi connectivity index (χ1n) is 5.40. The van der Waals surface area contributed by atoms with Crippen molar-refractivity contribution >= 4 is 16.6 Å². The van der Waals surface area contributed by atoms with Gasteiger partial charge in [-0.15, -0.1) is 0 Å². The van der Waals surface area contributed by atoms with Crippen LogP contribution in [0.1, 0.15) is 24.8 Å². The third kappa shape index (κ3) is 2.30. The zero-order valence-electron chi connectivity index (χ0n) is 9.23. The van der Waals surface area contributed by atoms with Gasteiger partial charge >= 0.3 is 0 Å². The normalized spacial score (nSPS) is 18.1. The van der Waals surface area contributed by atoms with Gasteiger partial charge in [-0.2, -0.15) is 0 Å². The number of aryl methyl sites for hydroxylation is 1. The van der Waals surface area contributed by atoms with Crippen LogP contribution in [-0.4, -0.2) is 9.99 Å². The van der Waals surface area contributed by atoms with Gasteiger partial charge in [-0.1, -0.05) is 23.8 Å². The van der Waals surface area contributed by atoms with Crippen molar-refractivity contribution in [3.8, 4) is 0 Å². The molecule has 1 aromatic rings. The lowest BCUT2D eigenvalue weighted by atomic mass is 10.1. The van der Waals surface area contributed by atoms with Crippen LogP contribution in [0.4, 0.5) is 0 Å². The first kappa shape index (κ1) is 11.3. The second-order valence-electron chi connectivity index (χ2n) is 3.97. The molecule has 1 aliphatic rings. The Kier molecular flexibility index (Phi) is 3.34. The topological polar surface area (TPSA) is 34.1 Å². The van der Waals surface area contributed by atoms with E-state index >= 15 is 0 Å². The zero-order valence-corrected chi connectivity index (χ0v) is 10.0. The summed E-state index contributed by atoms with van der Waals surface area (Å²) in [6, 6.07) is 7.49. The Balaban J connectivity index is 2.28. The molecule has 16 heavy (non-hydrogen) atoms. The van der Waals surface area contributed by atoms with Gasteiger partial charge in [0, 0.05) is 11.3 Å². The van der Waals surface area contributed by atoms with Crippen molar-refractivity contribution in [1.29, 1.82) is 0 Å². The van der Waals surface area contributed by atoms with Crippen molar-refractivity contribution < 1.29 is 9.00 Å². The molecule has 0 saturated heterocycles. The Morgan fingerprint density at radius 1 is 1.19 bits per heavy atom. The van der Waals surface area contributed by atoms with Gasteiger partial charge in [-0.05, 0) is 31.9 Å². The summed E-state index contributed by atoms with van der Waals surface area (Å²) in [6.07, 6.45) is 4.09. The molecule has 1 aromatic carbocycles. The van der Waals surface area contributed by atoms with Crippen molar-refractivity contribution in [1.82, 2.24) is 0 Å². The molecule has 0 aromatic heterocycles. The number of ketones is 1. The van der Waals surface area contributed by atoms with Crippen LogP contribution in [0.25, 0.3) is 0 Å². The summed E-state index contributed by atoms with van der Waals surface area (Å²) in [6.45, 7) is 1.98. The maximum absolute atomic E-state index is 12.1. The molecule has 0 bridgehead atoms. The fourth-order valence-corrected chi connectivity index (χ4v) is 2.92. The van der Waals surface area contributed by atoms with Crippen LogP contribution in [-0.2, 0) is 15.6 Å². The Morgan fingerprint density at radius 2 is 1.88 bits per heavy atom. The number of allylic oxidation sites excluding steroid dienone is 2. The molecular weight excluding hydrogens is 220 g/mol. The molecule has 2 nitrogen and oxygen atoms in total. The summed E-state index contributed by atoms with van der Waals surface area (Å²) in [4.78, 5) is 12.8. The minimum atomic E-state index is -1.30. The SMILES string of the molecule is Cc1ccc(S(=O)C2=CCCCC2=O)cc1. The number of rotatable bonds is 2. The third-order valence-corrected chi connectivity index (χ3v) is 4.14. The highest BCUT2D eigenvalue weighted by atomic mass is 32.2. The van der Waals surface area contributed by atoms with Gasteiger partial charge in [0.25, 0.3) is 0 Å². The molecule has 1 aliphatic carbocycles. The molecule has 0 N–H and O–H groups in total. The summed E-state index contributed by atoms with van der Waals surface area (Å²) in [7, 11) is -1.30. The van der Waals surface area contributed by atoms with Crippen LogP contribution in [0.3, 0.4) is 0 Å². The van der Waals surface area contributed by atoms with Gasteiger partial charge in [0.1, 0.15) is 0 Å². The first-order valence-corrected chi connectivity index (χ1v) is 6.55. The molecule has 0 fully saturated rings. The number of benzene rings is 1. The molecule has 84 valence electrons. The van der Waals surface area contributed by atoms with Crippen LogP contribution < -0.4 is 0 Å². The number of carbonyl (C=O) groups excluding carboxylic acids is 1. The molecule has 0 radical (unpaired) electrons. The molecule has 0 heterocycles. The summed E-state index contributed by atoms with van der Waals surface area (Å²) in [5.74, 6) is 0.0326. The maximum atomic E-state index is 12.1. The summed E-state index contributed by atoms with van der Waals surface area (Å²) in [5, 5.41) is 0. The largest absolute Gasteiger partial charge is 0.294 e. The van der Waals surface area contributed by atoms with E-state index in [0.717, 1.165) is 18.4 Å². The standard InChI is InChI=1S/C13H14O2S/c1-10-6-8-11(9-7-10)16(15)13-5-3-2-4-12(13)14/h5-9H,2-4H2,1H3. The van der Waals surface area contributed by atoms with Crippen molar-refractivity contribution in [2.24, 2.45) is 0 Å². The Labute approximate surface area is 97.8 Å². The maximum Gasteiger partial charge on any atom is 0.171 e. The average molecular weight is 234 g/mol. The van der Waals surface area contributed by atoms with E-state index in [-0.39, 0.29) is 5.78 Å². The van der Waals surface area contributed by atoms with Crippen molar-refractivity contribution in [2.75, 3.05) is 0 Å². The second-order valence-corrected chi connectivity index (χ2v) is 5.41. The van der Waals surface area contributed by atoms with E-state index in [0.29, 0.717) is 16.2 Å². The van der Waals surface area contributed by atoms with Crippen molar-refractivity contribution in [2.45, 2.75) is 31.1 Å². The van der Waals surface area contributed by atoms with Gasteiger partial charge in [-0.3, -0.25) is 4.79 Å². The van der Waals surface area contributed by atoms with Crippen LogP contribution in [0, 0.1) is 6.92 Å². The van der Waals surface area contributed by atoms with E-state index in [2.05, 4.69) is 0 Å². The van der Waals surface area contributed by atoms with E-state index in [9.17, 15) is 9.00 Å². The zero-order chi connectivity index (χ0) is 11.5. The van der Waals surface area contributed by atoms with Crippen molar-refractivity contribution in [3.05, 3.63) is 40.8 Å². The summed E-state index contributed by atoms with van der Waals surface area (Å²) < 4.78 is 12.1. The third-order valence-electron chi connectivity index (χ3n) is 2.65. The van der Waals surface area contributed by atoms with Crippen LogP contribution >= 0.6 is 0 Å². The van der Waals surface area contributed by atoms with E-state index in [1.54, 1.807) is 0 Å². The molecular formula is C13H14O2S. The molecule has 1 atom stereocenters. The number of hydrogen-bond donors (Lipinski definition) is 0. The fourth-order valence-electron chi connectivity index (χ4n) is 1.70. The molecule has 0 amide bonds. The first-order chi connectivity index (χ1) is 7.68. The number of Topliss-reactive ketones (excluding diaryl/α,β-unsaturated/α-hetero) is 1. The van der Waals surface area contributed by atoms with Crippen molar-refractivity contribution in [3.63, 3.8) is 0 Å². The van der Waals surface area contributed by atoms with E-state index in [1.807, 2.05) is 37.3 Å². The summed E-state index contributed by atoms with van der Waals surface area (Å²) in [5.41, 5.74) is 1.13. The molecule has 3 heteroatoms. The van der Waals surface area contributed by atoms with Gasteiger partial charge in [0.05, 0.1) is 15.7 Å². The average Bonchev–Trinajstić information content (AvgIpc) is 2.30. The smallest absolute Gasteiger partial charge is 0.171 e. The minimum Gasteiger partial charge on any atom is -0.294 e. The molecule has 0 saturated carbocycles.